The summed E-state index contributed by atoms with van der Waals surface area (Å²) in [6, 6.07) is 41.3. The molecule has 4 N–H and O–H groups in total. The molecule has 0 unspecified atom stereocenters. The van der Waals surface area contributed by atoms with Gasteiger partial charge in [0.05, 0.1) is 69.3 Å². The number of hydrogen-bond donors (Lipinski definition) is 4. The summed E-state index contributed by atoms with van der Waals surface area (Å²) in [6.07, 6.45) is 3.88. The molecule has 0 saturated carbocycles. The smallest absolute Gasteiger partial charge is 0.303 e. The fourth-order valence-electron chi connectivity index (χ4n) is 7.87. The van der Waals surface area contributed by atoms with Crippen LogP contribution in [-0.4, -0.2) is 74.4 Å². The highest BCUT2D eigenvalue weighted by molar-refractivity contribution is 9.10. The maximum atomic E-state index is 12.9. The molecule has 0 saturated heterocycles. The molecule has 0 aliphatic rings. The Morgan fingerprint density at radius 1 is 0.535 bits per heavy atom. The maximum absolute atomic E-state index is 12.9. The molecular weight excluding hydrogens is 969 g/mol. The van der Waals surface area contributed by atoms with E-state index in [2.05, 4.69) is 45.7 Å². The van der Waals surface area contributed by atoms with Gasteiger partial charge in [-0.1, -0.05) is 28.1 Å². The van der Waals surface area contributed by atoms with Gasteiger partial charge >= 0.3 is 11.9 Å². The number of carbonyl (C=O) groups is 4. The van der Waals surface area contributed by atoms with Crippen LogP contribution in [0.15, 0.2) is 150 Å². The second kappa shape index (κ2) is 23.2. The van der Waals surface area contributed by atoms with Gasteiger partial charge < -0.3 is 44.2 Å². The summed E-state index contributed by atoms with van der Waals surface area (Å²) in [5, 5.41) is 24.2. The minimum Gasteiger partial charge on any atom is -0.497 e. The molecule has 15 nitrogen and oxygen atoms in total. The third kappa shape index (κ3) is 12.6. The van der Waals surface area contributed by atoms with Crippen molar-refractivity contribution in [3.8, 4) is 51.4 Å². The number of carboxylic acid groups (broad SMARTS) is 2. The van der Waals surface area contributed by atoms with Crippen molar-refractivity contribution in [2.24, 2.45) is 0 Å². The lowest BCUT2D eigenvalue weighted by Gasteiger charge is -2.17. The molecule has 2 amide bonds. The number of amides is 2. The molecular formula is C55H51BrN6O9. The molecule has 8 aromatic rings. The van der Waals surface area contributed by atoms with Gasteiger partial charge in [0, 0.05) is 50.5 Å². The quantitative estimate of drug-likeness (QED) is 0.0677. The van der Waals surface area contributed by atoms with E-state index in [1.807, 2.05) is 111 Å². The number of pyridine rings is 2. The van der Waals surface area contributed by atoms with Crippen molar-refractivity contribution >= 4 is 51.1 Å². The number of ether oxygens (including phenoxy) is 3. The van der Waals surface area contributed by atoms with Crippen LogP contribution in [0.3, 0.4) is 0 Å². The summed E-state index contributed by atoms with van der Waals surface area (Å²) in [4.78, 5) is 56.4. The van der Waals surface area contributed by atoms with E-state index < -0.39 is 11.9 Å². The van der Waals surface area contributed by atoms with Crippen molar-refractivity contribution in [1.82, 2.24) is 19.1 Å². The molecule has 0 spiro atoms. The number of carbonyl (C=O) groups excluding carboxylic acids is 2. The molecule has 4 aromatic heterocycles. The Hall–Kier alpha value is -8.50. The third-order valence-corrected chi connectivity index (χ3v) is 12.0. The number of aryl methyl sites for hydroxylation is 4. The van der Waals surface area contributed by atoms with Gasteiger partial charge in [0.25, 0.3) is 11.8 Å². The first kappa shape index (κ1) is 50.4. The van der Waals surface area contributed by atoms with Crippen LogP contribution in [0.2, 0.25) is 0 Å². The molecule has 0 bridgehead atoms. The van der Waals surface area contributed by atoms with Gasteiger partial charge in [-0.3, -0.25) is 19.2 Å². The Balaban J connectivity index is 0.000000209. The van der Waals surface area contributed by atoms with Crippen LogP contribution in [0.4, 0.5) is 11.4 Å². The zero-order chi connectivity index (χ0) is 50.6. The predicted octanol–water partition coefficient (Wildman–Crippen LogP) is 11.0. The Kier molecular flexibility index (Phi) is 16.5. The van der Waals surface area contributed by atoms with Gasteiger partial charge in [0.2, 0.25) is 11.8 Å². The van der Waals surface area contributed by atoms with Crippen LogP contribution >= 0.6 is 15.9 Å². The average Bonchev–Trinajstić information content (AvgIpc) is 4.00. The van der Waals surface area contributed by atoms with E-state index in [4.69, 9.17) is 14.2 Å². The second-order valence-electron chi connectivity index (χ2n) is 16.2. The molecule has 0 atom stereocenters. The number of carboxylic acids is 2. The SMILES string of the molecule is COc1ccc(-c2ccc(CCC(=O)O)n2-c2ccc(C(=O)Nc3ccc(OC)nc3)cc2C)cc1.COc1ccc(NC(=O)c2ccc(-n3c(CCC(=O)O)ccc3-c3ccc(Br)cc3)c(C)c2)cn1. The number of benzene rings is 4. The lowest BCUT2D eigenvalue weighted by atomic mass is 10.1. The second-order valence-corrected chi connectivity index (χ2v) is 17.1. The van der Waals surface area contributed by atoms with E-state index >= 15 is 0 Å². The first-order chi connectivity index (χ1) is 34.2. The third-order valence-electron chi connectivity index (χ3n) is 11.4. The van der Waals surface area contributed by atoms with E-state index in [1.165, 1.54) is 26.6 Å². The Morgan fingerprint density at radius 3 is 1.31 bits per heavy atom. The van der Waals surface area contributed by atoms with Crippen LogP contribution in [0, 0.1) is 13.8 Å². The van der Waals surface area contributed by atoms with Gasteiger partial charge in [-0.25, -0.2) is 9.97 Å². The summed E-state index contributed by atoms with van der Waals surface area (Å²) in [7, 11) is 4.68. The van der Waals surface area contributed by atoms with Gasteiger partial charge in [-0.2, -0.15) is 0 Å². The Morgan fingerprint density at radius 2 is 0.958 bits per heavy atom. The van der Waals surface area contributed by atoms with Crippen molar-refractivity contribution < 1.29 is 43.6 Å². The zero-order valence-corrected chi connectivity index (χ0v) is 41.2. The van der Waals surface area contributed by atoms with Crippen LogP contribution in [0.25, 0.3) is 33.9 Å². The summed E-state index contributed by atoms with van der Waals surface area (Å²) in [5.74, 6) is -0.530. The van der Waals surface area contributed by atoms with Crippen LogP contribution in [-0.2, 0) is 22.4 Å². The standard InChI is InChI=1S/C28H27N3O5.C27H24BrN3O4/c1-18-16-20(28(34)30-21-7-14-26(36-3)29-17-21)6-12-24(18)31-22(9-15-27(32)33)8-13-25(31)19-4-10-23(35-2)11-5-19;1-17-15-19(27(34)30-21-8-13-25(35-2)29-16-21)5-11-23(17)31-22(10-14-26(32)33)9-12-24(31)18-3-6-20(28)7-4-18/h4-8,10-14,16-17H,9,15H2,1-3H3,(H,30,34)(H,32,33);3-9,11-13,15-16H,10,14H2,1-2H3,(H,30,34)(H,32,33). The van der Waals surface area contributed by atoms with Crippen molar-refractivity contribution in [2.45, 2.75) is 39.5 Å². The zero-order valence-electron chi connectivity index (χ0n) is 39.6. The summed E-state index contributed by atoms with van der Waals surface area (Å²) in [5.41, 5.74) is 11.2. The van der Waals surface area contributed by atoms with Gasteiger partial charge in [0.15, 0.2) is 0 Å². The molecule has 0 aliphatic carbocycles. The fourth-order valence-corrected chi connectivity index (χ4v) is 8.14. The van der Waals surface area contributed by atoms with Crippen molar-refractivity contribution in [2.75, 3.05) is 32.0 Å². The molecule has 0 radical (unpaired) electrons. The van der Waals surface area contributed by atoms with E-state index in [9.17, 15) is 29.4 Å². The van der Waals surface area contributed by atoms with Gasteiger partial charge in [-0.15, -0.1) is 0 Å². The minimum absolute atomic E-state index is 0.0154. The number of anilines is 2. The summed E-state index contributed by atoms with van der Waals surface area (Å²) < 4.78 is 20.5. The maximum Gasteiger partial charge on any atom is 0.303 e. The topological polar surface area (TPSA) is 196 Å². The first-order valence-electron chi connectivity index (χ1n) is 22.3. The van der Waals surface area contributed by atoms with Crippen LogP contribution < -0.4 is 24.8 Å². The Bertz CT molecular complexity index is 3170. The highest BCUT2D eigenvalue weighted by Crippen LogP contribution is 2.33. The van der Waals surface area contributed by atoms with Crippen molar-refractivity contribution in [1.29, 1.82) is 0 Å². The number of aliphatic carboxylic acids is 2. The molecule has 8 rings (SSSR count). The minimum atomic E-state index is -0.856. The van der Waals surface area contributed by atoms with Gasteiger partial charge in [-0.05, 0) is 158 Å². The van der Waals surface area contributed by atoms with Crippen molar-refractivity contribution in [3.63, 3.8) is 0 Å². The number of rotatable bonds is 17. The summed E-state index contributed by atoms with van der Waals surface area (Å²) in [6.45, 7) is 3.87. The molecule has 0 aliphatic heterocycles. The molecule has 0 fully saturated rings. The predicted molar refractivity (Wildman–Crippen MR) is 276 cm³/mol. The number of aromatic nitrogens is 4. The largest absolute Gasteiger partial charge is 0.497 e. The number of nitrogens with one attached hydrogen (secondary N) is 2. The number of hydrogen-bond acceptors (Lipinski definition) is 9. The van der Waals surface area contributed by atoms with Crippen LogP contribution in [0.1, 0.15) is 56.1 Å². The van der Waals surface area contributed by atoms with E-state index in [1.54, 1.807) is 43.5 Å². The van der Waals surface area contributed by atoms with E-state index in [-0.39, 0.29) is 24.7 Å². The molecule has 16 heteroatoms. The normalized spacial score (nSPS) is 10.7. The first-order valence-corrected chi connectivity index (χ1v) is 23.1. The van der Waals surface area contributed by atoms with E-state index in [0.29, 0.717) is 47.1 Å². The van der Waals surface area contributed by atoms with Crippen molar-refractivity contribution in [3.05, 3.63) is 184 Å². The molecule has 362 valence electrons. The number of nitrogens with zero attached hydrogens (tertiary/aromatic N) is 4. The lowest BCUT2D eigenvalue weighted by molar-refractivity contribution is -0.138. The highest BCUT2D eigenvalue weighted by Gasteiger charge is 2.19. The van der Waals surface area contributed by atoms with Crippen LogP contribution in [0.5, 0.6) is 17.5 Å². The Labute approximate surface area is 418 Å². The molecule has 4 heterocycles. The molecule has 71 heavy (non-hydrogen) atoms. The van der Waals surface area contributed by atoms with E-state index in [0.717, 1.165) is 66.6 Å². The fraction of sp³-hybridized carbons (Fsp3) is 0.164. The lowest BCUT2D eigenvalue weighted by Crippen LogP contribution is -2.13. The highest BCUT2D eigenvalue weighted by atomic mass is 79.9. The summed E-state index contributed by atoms with van der Waals surface area (Å²) >= 11 is 3.47. The number of methoxy groups -OCH3 is 3. The average molecular weight is 1020 g/mol. The van der Waals surface area contributed by atoms with Gasteiger partial charge in [0.1, 0.15) is 5.75 Å². The molecule has 4 aromatic carbocycles. The number of halogens is 1. The monoisotopic (exact) mass is 1020 g/mol.